The molecule has 32 heavy (non-hydrogen) atoms. The zero-order valence-electron chi connectivity index (χ0n) is 20.5. The number of hydrogen-bond acceptors (Lipinski definition) is 5. The van der Waals surface area contributed by atoms with Gasteiger partial charge in [0.15, 0.2) is 5.96 Å². The first-order valence-corrected chi connectivity index (χ1v) is 11.8. The minimum Gasteiger partial charge on any atom is -0.493 e. The molecule has 0 saturated carbocycles. The van der Waals surface area contributed by atoms with Crippen LogP contribution in [0.15, 0.2) is 23.2 Å². The Morgan fingerprint density at radius 3 is 2.72 bits per heavy atom. The van der Waals surface area contributed by atoms with Gasteiger partial charge in [-0.15, -0.1) is 24.0 Å². The van der Waals surface area contributed by atoms with Gasteiger partial charge in [-0.3, -0.25) is 0 Å². The van der Waals surface area contributed by atoms with Crippen molar-refractivity contribution in [1.82, 2.24) is 20.4 Å². The van der Waals surface area contributed by atoms with E-state index in [2.05, 4.69) is 59.5 Å². The predicted molar refractivity (Wildman–Crippen MR) is 145 cm³/mol. The lowest BCUT2D eigenvalue weighted by atomic mass is 10.1. The lowest BCUT2D eigenvalue weighted by molar-refractivity contribution is 0.172. The highest BCUT2D eigenvalue weighted by molar-refractivity contribution is 14.0. The summed E-state index contributed by atoms with van der Waals surface area (Å²) in [4.78, 5) is 9.80. The van der Waals surface area contributed by atoms with Crippen LogP contribution in [0.1, 0.15) is 37.3 Å². The van der Waals surface area contributed by atoms with Gasteiger partial charge in [0.25, 0.3) is 0 Å². The van der Waals surface area contributed by atoms with Gasteiger partial charge in [-0.05, 0) is 65.0 Å². The fraction of sp³-hybridized carbons (Fsp3) is 0.708. The van der Waals surface area contributed by atoms with Crippen LogP contribution in [0.2, 0.25) is 0 Å². The molecule has 1 aromatic carbocycles. The van der Waals surface area contributed by atoms with Crippen LogP contribution in [0, 0.1) is 6.92 Å². The summed E-state index contributed by atoms with van der Waals surface area (Å²) < 4.78 is 11.1. The summed E-state index contributed by atoms with van der Waals surface area (Å²) in [5.41, 5.74) is 2.30. The van der Waals surface area contributed by atoms with Gasteiger partial charge in [0, 0.05) is 51.9 Å². The van der Waals surface area contributed by atoms with Crippen LogP contribution in [0.4, 0.5) is 0 Å². The molecule has 0 unspecified atom stereocenters. The Morgan fingerprint density at radius 2 is 1.94 bits per heavy atom. The molecule has 8 heteroatoms. The SMILES string of the molecule is CCNC(=NCc1ccc(C)cc1OCCCOC)NCCCN1CCCN(C)CC1.I. The van der Waals surface area contributed by atoms with E-state index in [0.29, 0.717) is 19.8 Å². The topological polar surface area (TPSA) is 61.4 Å². The van der Waals surface area contributed by atoms with E-state index >= 15 is 0 Å². The molecule has 1 aliphatic heterocycles. The second-order valence-electron chi connectivity index (χ2n) is 8.28. The number of aliphatic imine (C=N–C) groups is 1. The van der Waals surface area contributed by atoms with Crippen molar-refractivity contribution in [3.05, 3.63) is 29.3 Å². The highest BCUT2D eigenvalue weighted by atomic mass is 127. The zero-order chi connectivity index (χ0) is 22.3. The van der Waals surface area contributed by atoms with Crippen molar-refractivity contribution in [1.29, 1.82) is 0 Å². The molecule has 1 fully saturated rings. The van der Waals surface area contributed by atoms with Gasteiger partial charge in [-0.2, -0.15) is 0 Å². The molecule has 0 amide bonds. The molecule has 0 atom stereocenters. The van der Waals surface area contributed by atoms with Crippen LogP contribution in [0.3, 0.4) is 0 Å². The summed E-state index contributed by atoms with van der Waals surface area (Å²) in [5.74, 6) is 1.78. The normalized spacial score (nSPS) is 15.7. The van der Waals surface area contributed by atoms with Gasteiger partial charge in [-0.1, -0.05) is 12.1 Å². The van der Waals surface area contributed by atoms with E-state index in [1.54, 1.807) is 7.11 Å². The third kappa shape index (κ3) is 11.7. The van der Waals surface area contributed by atoms with Gasteiger partial charge in [0.1, 0.15) is 5.75 Å². The first-order chi connectivity index (χ1) is 15.1. The van der Waals surface area contributed by atoms with E-state index in [4.69, 9.17) is 14.5 Å². The molecule has 7 nitrogen and oxygen atoms in total. The van der Waals surface area contributed by atoms with Gasteiger partial charge < -0.3 is 29.9 Å². The lowest BCUT2D eigenvalue weighted by Crippen LogP contribution is -2.39. The van der Waals surface area contributed by atoms with E-state index < -0.39 is 0 Å². The maximum absolute atomic E-state index is 6.00. The monoisotopic (exact) mass is 561 g/mol. The number of benzene rings is 1. The third-order valence-electron chi connectivity index (χ3n) is 5.48. The molecule has 0 bridgehead atoms. The Balaban J connectivity index is 0.00000512. The highest BCUT2D eigenvalue weighted by Gasteiger charge is 2.11. The number of likely N-dealkylation sites (N-methyl/N-ethyl adjacent to an activating group) is 1. The number of methoxy groups -OCH3 is 1. The molecule has 0 radical (unpaired) electrons. The Hall–Kier alpha value is -1.10. The second kappa shape index (κ2) is 17.4. The van der Waals surface area contributed by atoms with Gasteiger partial charge in [0.2, 0.25) is 0 Å². The third-order valence-corrected chi connectivity index (χ3v) is 5.48. The zero-order valence-corrected chi connectivity index (χ0v) is 22.8. The number of nitrogens with one attached hydrogen (secondary N) is 2. The highest BCUT2D eigenvalue weighted by Crippen LogP contribution is 2.21. The molecule has 0 aliphatic carbocycles. The van der Waals surface area contributed by atoms with Crippen molar-refractivity contribution >= 4 is 29.9 Å². The molecule has 1 aromatic rings. The van der Waals surface area contributed by atoms with Crippen molar-refractivity contribution in [3.8, 4) is 5.75 Å². The van der Waals surface area contributed by atoms with E-state index in [-0.39, 0.29) is 24.0 Å². The Kier molecular flexibility index (Phi) is 15.7. The van der Waals surface area contributed by atoms with Gasteiger partial charge in [0.05, 0.1) is 13.2 Å². The fourth-order valence-corrected chi connectivity index (χ4v) is 3.65. The summed E-state index contributed by atoms with van der Waals surface area (Å²) in [6, 6.07) is 6.33. The number of guanidine groups is 1. The summed E-state index contributed by atoms with van der Waals surface area (Å²) in [7, 11) is 3.93. The molecule has 0 aromatic heterocycles. The minimum absolute atomic E-state index is 0. The fourth-order valence-electron chi connectivity index (χ4n) is 3.65. The summed E-state index contributed by atoms with van der Waals surface area (Å²) >= 11 is 0. The quantitative estimate of drug-likeness (QED) is 0.177. The van der Waals surface area contributed by atoms with E-state index in [1.807, 2.05) is 0 Å². The van der Waals surface area contributed by atoms with Crippen molar-refractivity contribution in [2.45, 2.75) is 39.7 Å². The number of aryl methyl sites for hydroxylation is 1. The number of ether oxygens (including phenoxy) is 2. The van der Waals surface area contributed by atoms with Crippen LogP contribution in [-0.4, -0.2) is 88.9 Å². The molecule has 1 saturated heterocycles. The minimum atomic E-state index is 0. The van der Waals surface area contributed by atoms with Crippen molar-refractivity contribution in [2.24, 2.45) is 4.99 Å². The molecule has 2 N–H and O–H groups in total. The molecule has 2 rings (SSSR count). The van der Waals surface area contributed by atoms with Gasteiger partial charge in [-0.25, -0.2) is 4.99 Å². The van der Waals surface area contributed by atoms with Crippen LogP contribution in [0.25, 0.3) is 0 Å². The maximum atomic E-state index is 6.00. The average Bonchev–Trinajstić information content (AvgIpc) is 2.97. The average molecular weight is 562 g/mol. The first-order valence-electron chi connectivity index (χ1n) is 11.8. The second-order valence-corrected chi connectivity index (χ2v) is 8.28. The smallest absolute Gasteiger partial charge is 0.191 e. The van der Waals surface area contributed by atoms with E-state index in [9.17, 15) is 0 Å². The maximum Gasteiger partial charge on any atom is 0.191 e. The van der Waals surface area contributed by atoms with E-state index in [1.165, 1.54) is 38.2 Å². The predicted octanol–water partition coefficient (Wildman–Crippen LogP) is 3.11. The standard InChI is InChI=1S/C24H43N5O2.HI/c1-5-25-24(26-11-6-13-29-14-7-12-28(3)15-16-29)27-20-22-10-9-21(2)19-23(22)31-18-8-17-30-4;/h9-10,19H,5-8,11-18,20H2,1-4H3,(H2,25,26,27);1H. The number of halogens is 1. The molecule has 1 aliphatic rings. The first kappa shape index (κ1) is 28.9. The molecule has 0 spiro atoms. The molecular formula is C24H44IN5O2. The number of nitrogens with zero attached hydrogens (tertiary/aromatic N) is 3. The summed E-state index contributed by atoms with van der Waals surface area (Å²) in [6.07, 6.45) is 3.26. The molecular weight excluding hydrogens is 517 g/mol. The molecule has 184 valence electrons. The number of rotatable bonds is 12. The van der Waals surface area contributed by atoms with Gasteiger partial charge >= 0.3 is 0 Å². The van der Waals surface area contributed by atoms with E-state index in [0.717, 1.165) is 49.7 Å². The Bertz CT molecular complexity index is 659. The van der Waals surface area contributed by atoms with Crippen LogP contribution in [0.5, 0.6) is 5.75 Å². The van der Waals surface area contributed by atoms with Crippen molar-refractivity contribution in [3.63, 3.8) is 0 Å². The van der Waals surface area contributed by atoms with Crippen molar-refractivity contribution < 1.29 is 9.47 Å². The van der Waals surface area contributed by atoms with Crippen LogP contribution >= 0.6 is 24.0 Å². The number of hydrogen-bond donors (Lipinski definition) is 2. The lowest BCUT2D eigenvalue weighted by Gasteiger charge is -2.20. The molecule has 1 heterocycles. The Morgan fingerprint density at radius 1 is 1.09 bits per heavy atom. The summed E-state index contributed by atoms with van der Waals surface area (Å²) in [5, 5.41) is 6.85. The van der Waals surface area contributed by atoms with Crippen molar-refractivity contribution in [2.75, 3.05) is 73.2 Å². The Labute approximate surface area is 212 Å². The van der Waals surface area contributed by atoms with Crippen LogP contribution in [-0.2, 0) is 11.3 Å². The largest absolute Gasteiger partial charge is 0.493 e. The summed E-state index contributed by atoms with van der Waals surface area (Å²) in [6.45, 7) is 13.8. The van der Waals surface area contributed by atoms with Crippen LogP contribution < -0.4 is 15.4 Å².